The predicted molar refractivity (Wildman–Crippen MR) is 109 cm³/mol. The second-order valence-corrected chi connectivity index (χ2v) is 7.15. The van der Waals surface area contributed by atoms with Gasteiger partial charge in [-0.15, -0.1) is 0 Å². The summed E-state index contributed by atoms with van der Waals surface area (Å²) in [6, 6.07) is 22.5. The van der Waals surface area contributed by atoms with E-state index in [-0.39, 0.29) is 11.9 Å². The summed E-state index contributed by atoms with van der Waals surface area (Å²) in [7, 11) is 0. The predicted octanol–water partition coefficient (Wildman–Crippen LogP) is 5.48. The first-order valence-electron chi connectivity index (χ1n) is 8.46. The minimum Gasteiger partial charge on any atom is -0.326 e. The standard InChI is InChI=1S/C21H17N3O2S/c1-14(25)22-15-10-12-16(13-11-15)23-21(26)24-17-6-2-4-8-19(17)27-20-9-5-3-7-18(20)24/h2-13H,1H3,(H,22,25)(H,23,26). The van der Waals surface area contributed by atoms with Gasteiger partial charge < -0.3 is 10.6 Å². The van der Waals surface area contributed by atoms with Gasteiger partial charge in [-0.2, -0.15) is 0 Å². The van der Waals surface area contributed by atoms with Crippen molar-refractivity contribution >= 4 is 46.4 Å². The SMILES string of the molecule is CC(=O)Nc1ccc(NC(=O)N2c3ccccc3Sc3ccccc32)cc1. The third-order valence-electron chi connectivity index (χ3n) is 4.09. The topological polar surface area (TPSA) is 61.4 Å². The summed E-state index contributed by atoms with van der Waals surface area (Å²) in [6.07, 6.45) is 0. The highest BCUT2D eigenvalue weighted by Gasteiger charge is 2.27. The highest BCUT2D eigenvalue weighted by atomic mass is 32.2. The molecule has 0 unspecified atom stereocenters. The Hall–Kier alpha value is -3.25. The molecule has 0 saturated carbocycles. The molecule has 6 heteroatoms. The Kier molecular flexibility index (Phi) is 4.56. The highest BCUT2D eigenvalue weighted by Crippen LogP contribution is 2.47. The molecule has 0 bridgehead atoms. The van der Waals surface area contributed by atoms with Crippen molar-refractivity contribution in [2.24, 2.45) is 0 Å². The molecule has 27 heavy (non-hydrogen) atoms. The van der Waals surface area contributed by atoms with E-state index in [1.165, 1.54) is 6.92 Å². The van der Waals surface area contributed by atoms with E-state index < -0.39 is 0 Å². The van der Waals surface area contributed by atoms with E-state index >= 15 is 0 Å². The average Bonchev–Trinajstić information content (AvgIpc) is 2.67. The van der Waals surface area contributed by atoms with Crippen molar-refractivity contribution in [3.05, 3.63) is 72.8 Å². The molecule has 3 aromatic carbocycles. The fourth-order valence-corrected chi connectivity index (χ4v) is 4.00. The number of hydrogen-bond acceptors (Lipinski definition) is 3. The van der Waals surface area contributed by atoms with E-state index in [9.17, 15) is 9.59 Å². The van der Waals surface area contributed by atoms with Crippen molar-refractivity contribution in [1.82, 2.24) is 0 Å². The summed E-state index contributed by atoms with van der Waals surface area (Å²) in [5, 5.41) is 5.65. The maximum atomic E-state index is 13.1. The number of fused-ring (bicyclic) bond motifs is 2. The molecule has 5 nitrogen and oxygen atoms in total. The maximum Gasteiger partial charge on any atom is 0.331 e. The van der Waals surface area contributed by atoms with Crippen LogP contribution in [0.2, 0.25) is 0 Å². The Bertz CT molecular complexity index is 972. The lowest BCUT2D eigenvalue weighted by Gasteiger charge is -2.31. The first-order valence-corrected chi connectivity index (χ1v) is 9.28. The zero-order chi connectivity index (χ0) is 18.8. The molecule has 1 aliphatic rings. The van der Waals surface area contributed by atoms with Crippen LogP contribution in [0.5, 0.6) is 0 Å². The number of amides is 3. The molecule has 1 aliphatic heterocycles. The Labute approximate surface area is 161 Å². The molecular weight excluding hydrogens is 358 g/mol. The van der Waals surface area contributed by atoms with Gasteiger partial charge in [0.05, 0.1) is 11.4 Å². The third kappa shape index (κ3) is 3.52. The van der Waals surface area contributed by atoms with Crippen molar-refractivity contribution in [3.8, 4) is 0 Å². The van der Waals surface area contributed by atoms with Crippen LogP contribution in [0.25, 0.3) is 0 Å². The van der Waals surface area contributed by atoms with Gasteiger partial charge >= 0.3 is 6.03 Å². The molecular formula is C21H17N3O2S. The number of urea groups is 1. The van der Waals surface area contributed by atoms with Gasteiger partial charge in [-0.1, -0.05) is 36.0 Å². The number of carbonyl (C=O) groups is 2. The fraction of sp³-hybridized carbons (Fsp3) is 0.0476. The molecule has 4 rings (SSSR count). The number of nitrogens with one attached hydrogen (secondary N) is 2. The first kappa shape index (κ1) is 17.2. The van der Waals surface area contributed by atoms with Crippen LogP contribution in [-0.4, -0.2) is 11.9 Å². The number of nitrogens with zero attached hydrogens (tertiary/aromatic N) is 1. The van der Waals surface area contributed by atoms with Gasteiger partial charge in [0.15, 0.2) is 0 Å². The van der Waals surface area contributed by atoms with Crippen LogP contribution in [0.3, 0.4) is 0 Å². The number of benzene rings is 3. The largest absolute Gasteiger partial charge is 0.331 e. The van der Waals surface area contributed by atoms with Gasteiger partial charge in [-0.05, 0) is 48.5 Å². The van der Waals surface area contributed by atoms with Crippen molar-refractivity contribution < 1.29 is 9.59 Å². The Morgan fingerprint density at radius 2 is 1.22 bits per heavy atom. The third-order valence-corrected chi connectivity index (χ3v) is 5.22. The van der Waals surface area contributed by atoms with Crippen LogP contribution in [0.1, 0.15) is 6.92 Å². The number of carbonyl (C=O) groups excluding carboxylic acids is 2. The smallest absolute Gasteiger partial charge is 0.326 e. The normalized spacial score (nSPS) is 12.0. The van der Waals surface area contributed by atoms with E-state index in [0.717, 1.165) is 21.2 Å². The summed E-state index contributed by atoms with van der Waals surface area (Å²) in [5.74, 6) is -0.134. The van der Waals surface area contributed by atoms with Crippen LogP contribution in [-0.2, 0) is 4.79 Å². The van der Waals surface area contributed by atoms with Crippen LogP contribution >= 0.6 is 11.8 Å². The highest BCUT2D eigenvalue weighted by molar-refractivity contribution is 7.99. The van der Waals surface area contributed by atoms with Crippen molar-refractivity contribution in [3.63, 3.8) is 0 Å². The maximum absolute atomic E-state index is 13.1. The van der Waals surface area contributed by atoms with Gasteiger partial charge in [-0.3, -0.25) is 9.69 Å². The quantitative estimate of drug-likeness (QED) is 0.623. The molecule has 0 aromatic heterocycles. The lowest BCUT2D eigenvalue weighted by molar-refractivity contribution is -0.114. The minimum absolute atomic E-state index is 0.134. The Balaban J connectivity index is 1.63. The van der Waals surface area contributed by atoms with Gasteiger partial charge in [-0.25, -0.2) is 4.79 Å². The fourth-order valence-electron chi connectivity index (χ4n) is 2.94. The molecule has 3 aromatic rings. The van der Waals surface area contributed by atoms with Gasteiger partial charge in [0.2, 0.25) is 5.91 Å². The lowest BCUT2D eigenvalue weighted by atomic mass is 10.2. The Morgan fingerprint density at radius 1 is 0.741 bits per heavy atom. The van der Waals surface area contributed by atoms with Gasteiger partial charge in [0, 0.05) is 28.1 Å². The zero-order valence-electron chi connectivity index (χ0n) is 14.6. The summed E-state index contributed by atoms with van der Waals surface area (Å²) >= 11 is 1.66. The molecule has 0 fully saturated rings. The second kappa shape index (κ2) is 7.17. The first-order chi connectivity index (χ1) is 13.1. The molecule has 1 heterocycles. The van der Waals surface area contributed by atoms with E-state index in [0.29, 0.717) is 11.4 Å². The Morgan fingerprint density at radius 3 is 1.74 bits per heavy atom. The summed E-state index contributed by atoms with van der Waals surface area (Å²) in [6.45, 7) is 1.46. The molecule has 2 N–H and O–H groups in total. The summed E-state index contributed by atoms with van der Waals surface area (Å²) < 4.78 is 0. The van der Waals surface area contributed by atoms with E-state index in [1.807, 2.05) is 48.5 Å². The number of rotatable bonds is 2. The summed E-state index contributed by atoms with van der Waals surface area (Å²) in [4.78, 5) is 28.0. The van der Waals surface area contributed by atoms with Crippen LogP contribution in [0.15, 0.2) is 82.6 Å². The molecule has 134 valence electrons. The second-order valence-electron chi connectivity index (χ2n) is 6.06. The van der Waals surface area contributed by atoms with Crippen molar-refractivity contribution in [1.29, 1.82) is 0 Å². The van der Waals surface area contributed by atoms with Gasteiger partial charge in [0.1, 0.15) is 0 Å². The number of anilines is 4. The molecule has 0 aliphatic carbocycles. The molecule has 0 spiro atoms. The van der Waals surface area contributed by atoms with Gasteiger partial charge in [0.25, 0.3) is 0 Å². The van der Waals surface area contributed by atoms with Crippen molar-refractivity contribution in [2.45, 2.75) is 16.7 Å². The molecule has 0 radical (unpaired) electrons. The van der Waals surface area contributed by atoms with Crippen LogP contribution in [0.4, 0.5) is 27.5 Å². The molecule has 3 amide bonds. The van der Waals surface area contributed by atoms with Crippen LogP contribution < -0.4 is 15.5 Å². The number of para-hydroxylation sites is 2. The van der Waals surface area contributed by atoms with E-state index in [1.54, 1.807) is 40.9 Å². The van der Waals surface area contributed by atoms with Crippen LogP contribution in [0, 0.1) is 0 Å². The summed E-state index contributed by atoms with van der Waals surface area (Å²) in [5.41, 5.74) is 3.05. The average molecular weight is 375 g/mol. The van der Waals surface area contributed by atoms with E-state index in [4.69, 9.17) is 0 Å². The van der Waals surface area contributed by atoms with Crippen molar-refractivity contribution in [2.75, 3.05) is 15.5 Å². The molecule has 0 saturated heterocycles. The minimum atomic E-state index is -0.234. The monoisotopic (exact) mass is 375 g/mol. The number of hydrogen-bond donors (Lipinski definition) is 2. The van der Waals surface area contributed by atoms with E-state index in [2.05, 4.69) is 10.6 Å². The molecule has 0 atom stereocenters. The zero-order valence-corrected chi connectivity index (χ0v) is 15.4. The lowest BCUT2D eigenvalue weighted by Crippen LogP contribution is -2.32.